The fourth-order valence-corrected chi connectivity index (χ4v) is 4.00. The maximum atomic E-state index is 12.5. The van der Waals surface area contributed by atoms with Gasteiger partial charge in [0.25, 0.3) is 0 Å². The van der Waals surface area contributed by atoms with E-state index in [1.54, 1.807) is 0 Å². The predicted molar refractivity (Wildman–Crippen MR) is 102 cm³/mol. The van der Waals surface area contributed by atoms with Crippen molar-refractivity contribution in [3.05, 3.63) is 29.5 Å². The summed E-state index contributed by atoms with van der Waals surface area (Å²) in [5.74, 6) is 1.16. The number of carbonyl (C=O) groups excluding carboxylic acids is 1. The Kier molecular flexibility index (Phi) is 4.10. The lowest BCUT2D eigenvalue weighted by Gasteiger charge is -2.37. The van der Waals surface area contributed by atoms with E-state index in [9.17, 15) is 9.90 Å². The van der Waals surface area contributed by atoms with Crippen LogP contribution in [0.1, 0.15) is 82.8 Å². The fourth-order valence-electron chi connectivity index (χ4n) is 4.00. The lowest BCUT2D eigenvalue weighted by Crippen LogP contribution is -2.33. The van der Waals surface area contributed by atoms with Gasteiger partial charge < -0.3 is 10.4 Å². The molecule has 4 rings (SSSR count). The first-order valence-electron chi connectivity index (χ1n) is 9.80. The van der Waals surface area contributed by atoms with Gasteiger partial charge in [0, 0.05) is 18.2 Å². The second-order valence-electron chi connectivity index (χ2n) is 9.31. The molecule has 2 N–H and O–H groups in total. The van der Waals surface area contributed by atoms with Gasteiger partial charge in [-0.25, -0.2) is 4.52 Å². The van der Waals surface area contributed by atoms with E-state index in [0.717, 1.165) is 48.7 Å². The van der Waals surface area contributed by atoms with Crippen molar-refractivity contribution >= 4 is 17.2 Å². The van der Waals surface area contributed by atoms with Crippen LogP contribution in [0.15, 0.2) is 18.3 Å². The number of aromatic nitrogens is 2. The standard InChI is InChI=1S/C21H29N3O2/c1-20(2,3)13-17(25)22-19-18(14-6-4-7-14)16-12-15(8-11-24(16)23-19)21(26)9-5-10-21/h8,11-12,14,26H,4-7,9-10,13H2,1-3H3,(H,22,23,25). The van der Waals surface area contributed by atoms with E-state index < -0.39 is 5.60 Å². The largest absolute Gasteiger partial charge is 0.385 e. The van der Waals surface area contributed by atoms with Gasteiger partial charge in [-0.1, -0.05) is 27.2 Å². The molecule has 2 heterocycles. The number of hydrogen-bond donors (Lipinski definition) is 2. The fraction of sp³-hybridized carbons (Fsp3) is 0.619. The summed E-state index contributed by atoms with van der Waals surface area (Å²) in [4.78, 5) is 12.5. The van der Waals surface area contributed by atoms with E-state index in [0.29, 0.717) is 18.2 Å². The van der Waals surface area contributed by atoms with Gasteiger partial charge in [0.15, 0.2) is 5.82 Å². The van der Waals surface area contributed by atoms with E-state index in [4.69, 9.17) is 0 Å². The number of carbonyl (C=O) groups is 1. The summed E-state index contributed by atoms with van der Waals surface area (Å²) < 4.78 is 1.85. The molecule has 0 aliphatic heterocycles. The molecule has 0 unspecified atom stereocenters. The smallest absolute Gasteiger partial charge is 0.226 e. The van der Waals surface area contributed by atoms with Crippen LogP contribution < -0.4 is 5.32 Å². The van der Waals surface area contributed by atoms with Gasteiger partial charge in [-0.2, -0.15) is 0 Å². The van der Waals surface area contributed by atoms with Crippen LogP contribution in [0.25, 0.3) is 5.52 Å². The lowest BCUT2D eigenvalue weighted by molar-refractivity contribution is -0.117. The van der Waals surface area contributed by atoms with E-state index in [1.165, 1.54) is 6.42 Å². The minimum atomic E-state index is -0.682. The summed E-state index contributed by atoms with van der Waals surface area (Å²) in [6, 6.07) is 4.05. The van der Waals surface area contributed by atoms with Crippen LogP contribution in [0.3, 0.4) is 0 Å². The number of fused-ring (bicyclic) bond motifs is 1. The van der Waals surface area contributed by atoms with Gasteiger partial charge in [-0.05, 0) is 61.1 Å². The number of nitrogens with one attached hydrogen (secondary N) is 1. The second kappa shape index (κ2) is 6.08. The molecule has 0 atom stereocenters. The lowest BCUT2D eigenvalue weighted by atomic mass is 9.75. The van der Waals surface area contributed by atoms with Crippen molar-refractivity contribution in [3.8, 4) is 0 Å². The molecular weight excluding hydrogens is 326 g/mol. The quantitative estimate of drug-likeness (QED) is 0.857. The number of anilines is 1. The topological polar surface area (TPSA) is 66.6 Å². The van der Waals surface area contributed by atoms with Crippen molar-refractivity contribution in [2.24, 2.45) is 5.41 Å². The molecule has 2 fully saturated rings. The van der Waals surface area contributed by atoms with E-state index >= 15 is 0 Å². The molecule has 2 saturated carbocycles. The third kappa shape index (κ3) is 3.13. The van der Waals surface area contributed by atoms with Crippen LogP contribution in [-0.4, -0.2) is 20.6 Å². The number of aliphatic hydroxyl groups is 1. The summed E-state index contributed by atoms with van der Waals surface area (Å²) >= 11 is 0. The molecule has 140 valence electrons. The van der Waals surface area contributed by atoms with Crippen molar-refractivity contribution in [1.29, 1.82) is 0 Å². The SMILES string of the molecule is CC(C)(C)CC(=O)Nc1nn2ccc(C3(O)CCC3)cc2c1C1CCC1. The molecule has 1 amide bonds. The number of pyridine rings is 1. The number of hydrogen-bond acceptors (Lipinski definition) is 3. The molecule has 2 aliphatic carbocycles. The normalized spacial score (nSPS) is 19.8. The Morgan fingerprint density at radius 1 is 1.35 bits per heavy atom. The first kappa shape index (κ1) is 17.5. The highest BCUT2D eigenvalue weighted by atomic mass is 16.3. The Morgan fingerprint density at radius 3 is 2.62 bits per heavy atom. The molecule has 0 saturated heterocycles. The molecule has 26 heavy (non-hydrogen) atoms. The van der Waals surface area contributed by atoms with Gasteiger partial charge in [0.1, 0.15) is 0 Å². The van der Waals surface area contributed by atoms with E-state index in [-0.39, 0.29) is 11.3 Å². The van der Waals surface area contributed by atoms with Crippen LogP contribution in [0, 0.1) is 5.41 Å². The highest BCUT2D eigenvalue weighted by Crippen LogP contribution is 2.45. The number of amides is 1. The Bertz CT molecular complexity index is 839. The minimum absolute atomic E-state index is 0.0133. The van der Waals surface area contributed by atoms with Crippen molar-refractivity contribution in [1.82, 2.24) is 9.61 Å². The highest BCUT2D eigenvalue weighted by molar-refractivity contribution is 5.92. The number of rotatable bonds is 4. The summed E-state index contributed by atoms with van der Waals surface area (Å²) in [7, 11) is 0. The predicted octanol–water partition coefficient (Wildman–Crippen LogP) is 4.35. The monoisotopic (exact) mass is 355 g/mol. The average Bonchev–Trinajstić information content (AvgIpc) is 2.78. The first-order valence-corrected chi connectivity index (χ1v) is 9.80. The van der Waals surface area contributed by atoms with Gasteiger partial charge in [-0.15, -0.1) is 5.10 Å². The Labute approximate surface area is 154 Å². The summed E-state index contributed by atoms with van der Waals surface area (Å²) in [6.07, 6.45) is 8.61. The van der Waals surface area contributed by atoms with Gasteiger partial charge in [-0.3, -0.25) is 4.79 Å². The van der Waals surface area contributed by atoms with E-state index in [1.807, 2.05) is 16.8 Å². The maximum absolute atomic E-state index is 12.5. The Balaban J connectivity index is 1.71. The van der Waals surface area contributed by atoms with Crippen LogP contribution in [0.5, 0.6) is 0 Å². The van der Waals surface area contributed by atoms with Gasteiger partial charge in [0.05, 0.1) is 11.1 Å². The summed E-state index contributed by atoms with van der Waals surface area (Å²) in [5.41, 5.74) is 2.41. The van der Waals surface area contributed by atoms with Crippen LogP contribution >= 0.6 is 0 Å². The van der Waals surface area contributed by atoms with Gasteiger partial charge in [0.2, 0.25) is 5.91 Å². The molecular formula is C21H29N3O2. The molecule has 0 bridgehead atoms. The zero-order chi connectivity index (χ0) is 18.5. The van der Waals surface area contributed by atoms with Crippen molar-refractivity contribution < 1.29 is 9.90 Å². The molecule has 0 aromatic carbocycles. The first-order chi connectivity index (χ1) is 12.3. The molecule has 5 nitrogen and oxygen atoms in total. The highest BCUT2D eigenvalue weighted by Gasteiger charge is 2.37. The van der Waals surface area contributed by atoms with Crippen molar-refractivity contribution in [2.45, 2.75) is 77.2 Å². The zero-order valence-corrected chi connectivity index (χ0v) is 16.0. The maximum Gasteiger partial charge on any atom is 0.226 e. The molecule has 2 aliphatic rings. The third-order valence-electron chi connectivity index (χ3n) is 5.85. The average molecular weight is 355 g/mol. The van der Waals surface area contributed by atoms with E-state index in [2.05, 4.69) is 37.3 Å². The van der Waals surface area contributed by atoms with Gasteiger partial charge >= 0.3 is 0 Å². The Morgan fingerprint density at radius 2 is 2.08 bits per heavy atom. The second-order valence-corrected chi connectivity index (χ2v) is 9.31. The molecule has 2 aromatic heterocycles. The van der Waals surface area contributed by atoms with Crippen molar-refractivity contribution in [3.63, 3.8) is 0 Å². The molecule has 0 radical (unpaired) electrons. The third-order valence-corrected chi connectivity index (χ3v) is 5.85. The summed E-state index contributed by atoms with van der Waals surface area (Å²) in [5, 5.41) is 18.4. The van der Waals surface area contributed by atoms with Crippen LogP contribution in [0.4, 0.5) is 5.82 Å². The zero-order valence-electron chi connectivity index (χ0n) is 16.0. The Hall–Kier alpha value is -1.88. The molecule has 2 aromatic rings. The van der Waals surface area contributed by atoms with Crippen LogP contribution in [0.2, 0.25) is 0 Å². The van der Waals surface area contributed by atoms with Crippen molar-refractivity contribution in [2.75, 3.05) is 5.32 Å². The summed E-state index contributed by atoms with van der Waals surface area (Å²) in [6.45, 7) is 6.19. The van der Waals surface area contributed by atoms with Crippen LogP contribution in [-0.2, 0) is 10.4 Å². The number of nitrogens with zero attached hydrogens (tertiary/aromatic N) is 2. The minimum Gasteiger partial charge on any atom is -0.385 e. The molecule has 0 spiro atoms. The molecule has 5 heteroatoms.